The Balaban J connectivity index is 2.00. The highest BCUT2D eigenvalue weighted by atomic mass is 32.1. The van der Waals surface area contributed by atoms with Crippen molar-refractivity contribution >= 4 is 37.2 Å². The maximum Gasteiger partial charge on any atom is 0.372 e. The number of rotatable bonds is 1. The molecule has 0 saturated carbocycles. The van der Waals surface area contributed by atoms with E-state index < -0.39 is 0 Å². The number of nitrogens with one attached hydrogen (secondary N) is 1. The van der Waals surface area contributed by atoms with E-state index in [9.17, 15) is 0 Å². The van der Waals surface area contributed by atoms with Crippen molar-refractivity contribution in [3.63, 3.8) is 0 Å². The van der Waals surface area contributed by atoms with Crippen molar-refractivity contribution < 1.29 is 9.41 Å². The van der Waals surface area contributed by atoms with Gasteiger partial charge in [-0.15, -0.1) is 11.3 Å². The Hall–Kier alpha value is -2.39. The zero-order valence-electron chi connectivity index (χ0n) is 13.4. The van der Waals surface area contributed by atoms with Crippen LogP contribution in [0.25, 0.3) is 20.2 Å². The average Bonchev–Trinajstić information content (AvgIpc) is 2.88. The molecule has 2 nitrogen and oxygen atoms in total. The van der Waals surface area contributed by atoms with Gasteiger partial charge in [0.2, 0.25) is 5.69 Å². The van der Waals surface area contributed by atoms with Crippen LogP contribution in [-0.4, -0.2) is 0 Å². The third-order valence-electron chi connectivity index (χ3n) is 4.06. The normalized spacial score (nSPS) is 12.4. The summed E-state index contributed by atoms with van der Waals surface area (Å²) in [5.74, 6) is 0.955. The van der Waals surface area contributed by atoms with E-state index in [0.717, 1.165) is 17.0 Å². The van der Waals surface area contributed by atoms with E-state index in [4.69, 9.17) is 4.42 Å². The summed E-state index contributed by atoms with van der Waals surface area (Å²) in [5.41, 5.74) is 4.34. The Morgan fingerprint density at radius 3 is 2.35 bits per heavy atom. The molecule has 4 rings (SSSR count). The minimum atomic E-state index is 0.778. The topological polar surface area (TPSA) is 27.1 Å². The molecule has 0 radical (unpaired) electrons. The zero-order valence-corrected chi connectivity index (χ0v) is 14.3. The van der Waals surface area contributed by atoms with Gasteiger partial charge in [-0.2, -0.15) is 4.99 Å². The lowest BCUT2D eigenvalue weighted by atomic mass is 10.1. The van der Waals surface area contributed by atoms with Crippen molar-refractivity contribution in [1.82, 2.24) is 0 Å². The van der Waals surface area contributed by atoms with Crippen LogP contribution in [0, 0.1) is 20.8 Å². The van der Waals surface area contributed by atoms with Gasteiger partial charge in [-0.25, -0.2) is 0 Å². The van der Waals surface area contributed by atoms with Crippen LogP contribution in [0.5, 0.6) is 0 Å². The molecule has 0 aliphatic carbocycles. The van der Waals surface area contributed by atoms with Gasteiger partial charge >= 0.3 is 5.55 Å². The maximum atomic E-state index is 5.98. The smallest absolute Gasteiger partial charge is 0.372 e. The van der Waals surface area contributed by atoms with Crippen LogP contribution in [0.15, 0.2) is 52.9 Å². The molecule has 114 valence electrons. The minimum absolute atomic E-state index is 0.778. The fourth-order valence-electron chi connectivity index (χ4n) is 2.85. The SMILES string of the molecule is Cc1ccc([NH+]=c2cc3c(sc4ccc(C)cc43)c(C)o2)cc1. The molecule has 0 bridgehead atoms. The summed E-state index contributed by atoms with van der Waals surface area (Å²) in [6.45, 7) is 6.25. The third-order valence-corrected chi connectivity index (χ3v) is 5.35. The Kier molecular flexibility index (Phi) is 3.31. The molecular formula is C20H18NOS+. The van der Waals surface area contributed by atoms with Crippen LogP contribution < -0.4 is 10.5 Å². The lowest BCUT2D eigenvalue weighted by molar-refractivity contribution is -0.418. The van der Waals surface area contributed by atoms with Crippen LogP contribution in [0.4, 0.5) is 5.69 Å². The molecule has 0 spiro atoms. The van der Waals surface area contributed by atoms with Crippen molar-refractivity contribution in [1.29, 1.82) is 0 Å². The summed E-state index contributed by atoms with van der Waals surface area (Å²) in [4.78, 5) is 3.37. The number of aryl methyl sites for hydroxylation is 3. The summed E-state index contributed by atoms with van der Waals surface area (Å²) in [5, 5.41) is 2.56. The van der Waals surface area contributed by atoms with Crippen LogP contribution in [-0.2, 0) is 0 Å². The second-order valence-electron chi connectivity index (χ2n) is 6.00. The molecule has 0 fully saturated rings. The summed E-state index contributed by atoms with van der Waals surface area (Å²) in [6.07, 6.45) is 0. The lowest BCUT2D eigenvalue weighted by Gasteiger charge is -1.95. The quantitative estimate of drug-likeness (QED) is 0.566. The summed E-state index contributed by atoms with van der Waals surface area (Å²) >= 11 is 1.79. The van der Waals surface area contributed by atoms with E-state index >= 15 is 0 Å². The fourth-order valence-corrected chi connectivity index (χ4v) is 3.95. The molecule has 4 aromatic rings. The van der Waals surface area contributed by atoms with Crippen molar-refractivity contribution in [3.8, 4) is 0 Å². The van der Waals surface area contributed by atoms with Gasteiger partial charge in [-0.1, -0.05) is 29.3 Å². The first-order valence-corrected chi connectivity index (χ1v) is 8.52. The Bertz CT molecular complexity index is 1080. The fraction of sp³-hybridized carbons (Fsp3) is 0.150. The van der Waals surface area contributed by atoms with Gasteiger partial charge in [0.25, 0.3) is 0 Å². The molecule has 1 N–H and O–H groups in total. The molecule has 3 heteroatoms. The molecule has 0 amide bonds. The maximum absolute atomic E-state index is 5.98. The van der Waals surface area contributed by atoms with Gasteiger partial charge in [-0.3, -0.25) is 0 Å². The first-order valence-electron chi connectivity index (χ1n) is 7.70. The molecule has 2 heterocycles. The van der Waals surface area contributed by atoms with E-state index in [0.29, 0.717) is 0 Å². The van der Waals surface area contributed by atoms with E-state index in [1.54, 1.807) is 11.3 Å². The average molecular weight is 320 g/mol. The Labute approximate surface area is 138 Å². The molecule has 23 heavy (non-hydrogen) atoms. The van der Waals surface area contributed by atoms with E-state index in [-0.39, 0.29) is 0 Å². The number of hydrogen-bond donors (Lipinski definition) is 1. The first kappa shape index (κ1) is 14.2. The first-order chi connectivity index (χ1) is 11.1. The van der Waals surface area contributed by atoms with Crippen molar-refractivity contribution in [3.05, 3.63) is 71.0 Å². The molecular weight excluding hydrogens is 302 g/mol. The summed E-state index contributed by atoms with van der Waals surface area (Å²) in [6, 6.07) is 17.1. The van der Waals surface area contributed by atoms with Gasteiger partial charge < -0.3 is 4.42 Å². The largest absolute Gasteiger partial charge is 0.408 e. The Morgan fingerprint density at radius 1 is 0.826 bits per heavy atom. The number of thiophene rings is 1. The van der Waals surface area contributed by atoms with Crippen LogP contribution in [0.3, 0.4) is 0 Å². The standard InChI is InChI=1S/C20H17NOS/c1-12-4-7-15(8-5-12)21-19-11-17-16-10-13(2)6-9-18(16)23-20(17)14(3)22-19/h4-11H,1-3H3/p+1. The second kappa shape index (κ2) is 5.36. The van der Waals surface area contributed by atoms with Gasteiger partial charge in [-0.05, 0) is 32.9 Å². The minimum Gasteiger partial charge on any atom is -0.408 e. The van der Waals surface area contributed by atoms with Crippen molar-refractivity contribution in [2.24, 2.45) is 0 Å². The molecule has 0 aliphatic heterocycles. The van der Waals surface area contributed by atoms with Crippen LogP contribution >= 0.6 is 11.3 Å². The number of hydrogen-bond acceptors (Lipinski definition) is 2. The van der Waals surface area contributed by atoms with Crippen molar-refractivity contribution in [2.45, 2.75) is 20.8 Å². The molecule has 0 unspecified atom stereocenters. The highest BCUT2D eigenvalue weighted by Crippen LogP contribution is 2.34. The molecule has 2 aromatic heterocycles. The Morgan fingerprint density at radius 2 is 1.57 bits per heavy atom. The number of benzene rings is 2. The molecule has 0 atom stereocenters. The van der Waals surface area contributed by atoms with Gasteiger partial charge in [0, 0.05) is 27.6 Å². The zero-order chi connectivity index (χ0) is 16.0. The summed E-state index contributed by atoms with van der Waals surface area (Å²) in [7, 11) is 0. The lowest BCUT2D eigenvalue weighted by Crippen LogP contribution is -2.70. The third kappa shape index (κ3) is 2.57. The van der Waals surface area contributed by atoms with Gasteiger partial charge in [0.15, 0.2) is 0 Å². The van der Waals surface area contributed by atoms with Gasteiger partial charge in [0.1, 0.15) is 5.76 Å². The highest BCUT2D eigenvalue weighted by molar-refractivity contribution is 7.26. The van der Waals surface area contributed by atoms with Gasteiger partial charge in [0.05, 0.1) is 10.8 Å². The van der Waals surface area contributed by atoms with Crippen molar-refractivity contribution in [2.75, 3.05) is 0 Å². The summed E-state index contributed by atoms with van der Waals surface area (Å²) < 4.78 is 8.51. The predicted molar refractivity (Wildman–Crippen MR) is 96.0 cm³/mol. The monoisotopic (exact) mass is 320 g/mol. The second-order valence-corrected chi connectivity index (χ2v) is 7.05. The van der Waals surface area contributed by atoms with Crippen LogP contribution in [0.2, 0.25) is 0 Å². The molecule has 2 aromatic carbocycles. The van der Waals surface area contributed by atoms with E-state index in [1.807, 2.05) is 6.92 Å². The van der Waals surface area contributed by atoms with E-state index in [2.05, 4.69) is 67.4 Å². The van der Waals surface area contributed by atoms with Crippen LogP contribution in [0.1, 0.15) is 16.9 Å². The predicted octanol–water partition coefficient (Wildman–Crippen LogP) is 3.89. The molecule has 0 saturated heterocycles. The number of fused-ring (bicyclic) bond motifs is 3. The highest BCUT2D eigenvalue weighted by Gasteiger charge is 2.11. The molecule has 0 aliphatic rings. The van der Waals surface area contributed by atoms with E-state index in [1.165, 1.54) is 31.3 Å².